The Hall–Kier alpha value is -2.27. The van der Waals surface area contributed by atoms with Crippen LogP contribution in [0.4, 0.5) is 0 Å². The maximum Gasteiger partial charge on any atom is 0.339 e. The molecule has 0 N–H and O–H groups in total. The number of terminal acetylenes is 1. The van der Waals surface area contributed by atoms with Crippen LogP contribution in [0.3, 0.4) is 0 Å². The first-order chi connectivity index (χ1) is 8.27. The minimum Gasteiger partial charge on any atom is -0.462 e. The Morgan fingerprint density at radius 2 is 2.06 bits per heavy atom. The van der Waals surface area contributed by atoms with Crippen molar-refractivity contribution in [3.8, 4) is 12.3 Å². The van der Waals surface area contributed by atoms with Crippen LogP contribution in [-0.2, 0) is 4.74 Å². The van der Waals surface area contributed by atoms with E-state index in [-0.39, 0.29) is 5.97 Å². The van der Waals surface area contributed by atoms with Gasteiger partial charge in [0.15, 0.2) is 0 Å². The largest absolute Gasteiger partial charge is 0.462 e. The molecule has 0 aliphatic heterocycles. The van der Waals surface area contributed by atoms with Crippen LogP contribution in [0.2, 0.25) is 0 Å². The molecule has 17 heavy (non-hydrogen) atoms. The number of ether oxygens (including phenoxy) is 1. The lowest BCUT2D eigenvalue weighted by Crippen LogP contribution is -2.07. The quantitative estimate of drug-likeness (QED) is 0.579. The number of carbonyl (C=O) groups excluding carboxylic acids is 1. The second kappa shape index (κ2) is 4.71. The lowest BCUT2D eigenvalue weighted by atomic mass is 9.99. The van der Waals surface area contributed by atoms with Crippen LogP contribution in [-0.4, -0.2) is 12.6 Å². The van der Waals surface area contributed by atoms with Crippen molar-refractivity contribution in [3.05, 3.63) is 47.5 Å². The number of rotatable bonds is 2. The fraction of sp³-hybridized carbons (Fsp3) is 0.133. The minimum absolute atomic E-state index is 0.343. The molecule has 0 amide bonds. The van der Waals surface area contributed by atoms with Crippen molar-refractivity contribution in [2.24, 2.45) is 0 Å². The first kappa shape index (κ1) is 11.2. The van der Waals surface area contributed by atoms with Gasteiger partial charge in [-0.05, 0) is 23.8 Å². The third-order valence-corrected chi connectivity index (χ3v) is 2.57. The molecule has 0 radical (unpaired) electrons. The van der Waals surface area contributed by atoms with Crippen molar-refractivity contribution in [1.29, 1.82) is 0 Å². The standard InChI is InChI=1S/C15H12O2/c1-3-12-13-8-6-5-7-11(13)9-10-14(12)15(16)17-4-2/h1,5-10H,4H2,2H3. The summed E-state index contributed by atoms with van der Waals surface area (Å²) in [6, 6.07) is 11.3. The summed E-state index contributed by atoms with van der Waals surface area (Å²) in [5.74, 6) is 2.21. The van der Waals surface area contributed by atoms with E-state index in [9.17, 15) is 4.79 Å². The second-order valence-corrected chi connectivity index (χ2v) is 3.57. The third kappa shape index (κ3) is 2.00. The van der Waals surface area contributed by atoms with E-state index >= 15 is 0 Å². The average molecular weight is 224 g/mol. The molecule has 2 aromatic rings. The van der Waals surface area contributed by atoms with Crippen LogP contribution >= 0.6 is 0 Å². The van der Waals surface area contributed by atoms with Gasteiger partial charge in [-0.15, -0.1) is 6.42 Å². The van der Waals surface area contributed by atoms with E-state index in [0.717, 1.165) is 10.8 Å². The lowest BCUT2D eigenvalue weighted by molar-refractivity contribution is 0.0526. The second-order valence-electron chi connectivity index (χ2n) is 3.57. The molecule has 0 saturated heterocycles. The molecule has 0 spiro atoms. The Kier molecular flexibility index (Phi) is 3.11. The summed E-state index contributed by atoms with van der Waals surface area (Å²) >= 11 is 0. The summed E-state index contributed by atoms with van der Waals surface area (Å²) in [5, 5.41) is 1.93. The number of fused-ring (bicyclic) bond motifs is 1. The van der Waals surface area contributed by atoms with Gasteiger partial charge in [0, 0.05) is 5.56 Å². The molecule has 0 atom stereocenters. The van der Waals surface area contributed by atoms with Crippen LogP contribution in [0, 0.1) is 12.3 Å². The van der Waals surface area contributed by atoms with Gasteiger partial charge >= 0.3 is 5.97 Å². The molecule has 84 valence electrons. The molecule has 0 aliphatic carbocycles. The van der Waals surface area contributed by atoms with Gasteiger partial charge < -0.3 is 4.74 Å². The fourth-order valence-corrected chi connectivity index (χ4v) is 1.81. The first-order valence-electron chi connectivity index (χ1n) is 5.43. The minimum atomic E-state index is -0.369. The number of benzene rings is 2. The van der Waals surface area contributed by atoms with Crippen molar-refractivity contribution >= 4 is 16.7 Å². The van der Waals surface area contributed by atoms with E-state index in [1.807, 2.05) is 30.3 Å². The van der Waals surface area contributed by atoms with E-state index in [1.165, 1.54) is 0 Å². The highest BCUT2D eigenvalue weighted by molar-refractivity contribution is 6.00. The molecule has 0 aromatic heterocycles. The SMILES string of the molecule is C#Cc1c(C(=O)OCC)ccc2ccccc12. The predicted octanol–water partition coefficient (Wildman–Crippen LogP) is 3.00. The van der Waals surface area contributed by atoms with Gasteiger partial charge in [-0.3, -0.25) is 0 Å². The van der Waals surface area contributed by atoms with Gasteiger partial charge in [0.1, 0.15) is 0 Å². The zero-order chi connectivity index (χ0) is 12.3. The first-order valence-corrected chi connectivity index (χ1v) is 5.43. The van der Waals surface area contributed by atoms with Gasteiger partial charge in [0.2, 0.25) is 0 Å². The Labute approximate surface area is 100 Å². The summed E-state index contributed by atoms with van der Waals surface area (Å²) in [5.41, 5.74) is 1.05. The molecule has 2 heteroatoms. The highest BCUT2D eigenvalue weighted by Gasteiger charge is 2.13. The summed E-state index contributed by atoms with van der Waals surface area (Å²) in [6.07, 6.45) is 5.49. The van der Waals surface area contributed by atoms with E-state index in [4.69, 9.17) is 11.2 Å². The van der Waals surface area contributed by atoms with Crippen LogP contribution in [0.15, 0.2) is 36.4 Å². The summed E-state index contributed by atoms with van der Waals surface area (Å²) in [7, 11) is 0. The normalized spacial score (nSPS) is 9.88. The molecule has 2 rings (SSSR count). The highest BCUT2D eigenvalue weighted by atomic mass is 16.5. The van der Waals surface area contributed by atoms with Crippen molar-refractivity contribution < 1.29 is 9.53 Å². The van der Waals surface area contributed by atoms with E-state index < -0.39 is 0 Å². The van der Waals surface area contributed by atoms with Gasteiger partial charge in [-0.1, -0.05) is 36.3 Å². The van der Waals surface area contributed by atoms with E-state index in [2.05, 4.69) is 5.92 Å². The maximum atomic E-state index is 11.8. The van der Waals surface area contributed by atoms with Crippen molar-refractivity contribution in [2.45, 2.75) is 6.92 Å². The van der Waals surface area contributed by atoms with Crippen molar-refractivity contribution in [2.75, 3.05) is 6.61 Å². The lowest BCUT2D eigenvalue weighted by Gasteiger charge is -2.07. The van der Waals surface area contributed by atoms with Crippen molar-refractivity contribution in [1.82, 2.24) is 0 Å². The summed E-state index contributed by atoms with van der Waals surface area (Å²) < 4.78 is 4.98. The molecule has 0 unspecified atom stereocenters. The highest BCUT2D eigenvalue weighted by Crippen LogP contribution is 2.22. The molecule has 0 saturated carbocycles. The third-order valence-electron chi connectivity index (χ3n) is 2.57. The van der Waals surface area contributed by atoms with Crippen molar-refractivity contribution in [3.63, 3.8) is 0 Å². The van der Waals surface area contributed by atoms with Crippen LogP contribution in [0.5, 0.6) is 0 Å². The van der Waals surface area contributed by atoms with E-state index in [1.54, 1.807) is 13.0 Å². The molecular weight excluding hydrogens is 212 g/mol. The molecule has 2 nitrogen and oxygen atoms in total. The average Bonchev–Trinajstić information content (AvgIpc) is 2.37. The Morgan fingerprint density at radius 3 is 2.76 bits per heavy atom. The number of carbonyl (C=O) groups is 1. The predicted molar refractivity (Wildman–Crippen MR) is 67.8 cm³/mol. The molecular formula is C15H12O2. The monoisotopic (exact) mass is 224 g/mol. The topological polar surface area (TPSA) is 26.3 Å². The van der Waals surface area contributed by atoms with Crippen LogP contribution in [0.1, 0.15) is 22.8 Å². The summed E-state index contributed by atoms with van der Waals surface area (Å²) in [6.45, 7) is 2.12. The van der Waals surface area contributed by atoms with Gasteiger partial charge in [-0.2, -0.15) is 0 Å². The smallest absolute Gasteiger partial charge is 0.339 e. The van der Waals surface area contributed by atoms with Gasteiger partial charge in [-0.25, -0.2) is 4.79 Å². The Morgan fingerprint density at radius 1 is 1.29 bits per heavy atom. The summed E-state index contributed by atoms with van der Waals surface area (Å²) in [4.78, 5) is 11.8. The number of esters is 1. The molecule has 0 bridgehead atoms. The van der Waals surface area contributed by atoms with Gasteiger partial charge in [0.25, 0.3) is 0 Å². The van der Waals surface area contributed by atoms with Gasteiger partial charge in [0.05, 0.1) is 12.2 Å². The molecule has 0 heterocycles. The van der Waals surface area contributed by atoms with Crippen LogP contribution < -0.4 is 0 Å². The number of hydrogen-bond donors (Lipinski definition) is 0. The fourth-order valence-electron chi connectivity index (χ4n) is 1.81. The Bertz CT molecular complexity index is 606. The van der Waals surface area contributed by atoms with E-state index in [0.29, 0.717) is 17.7 Å². The van der Waals surface area contributed by atoms with Crippen LogP contribution in [0.25, 0.3) is 10.8 Å². The molecule has 0 aliphatic rings. The molecule has 0 fully saturated rings. The number of hydrogen-bond acceptors (Lipinski definition) is 2. The molecule has 2 aromatic carbocycles. The maximum absolute atomic E-state index is 11.8. The Balaban J connectivity index is 2.66. The zero-order valence-electron chi connectivity index (χ0n) is 9.57. The zero-order valence-corrected chi connectivity index (χ0v) is 9.57.